The highest BCUT2D eigenvalue weighted by Gasteiger charge is 2.18. The van der Waals surface area contributed by atoms with Gasteiger partial charge in [-0.2, -0.15) is 0 Å². The summed E-state index contributed by atoms with van der Waals surface area (Å²) in [5.74, 6) is 1.60. The molecule has 0 atom stereocenters. The molecule has 1 aliphatic rings. The van der Waals surface area contributed by atoms with Crippen LogP contribution in [0.3, 0.4) is 0 Å². The molecule has 0 saturated carbocycles. The molecule has 3 heterocycles. The van der Waals surface area contributed by atoms with Crippen molar-refractivity contribution in [2.24, 2.45) is 0 Å². The summed E-state index contributed by atoms with van der Waals surface area (Å²) in [5, 5.41) is 11.4. The monoisotopic (exact) mass is 572 g/mol. The van der Waals surface area contributed by atoms with Crippen LogP contribution in [-0.2, 0) is 10.0 Å². The smallest absolute Gasteiger partial charge is 0.261 e. The van der Waals surface area contributed by atoms with Crippen molar-refractivity contribution in [3.05, 3.63) is 72.6 Å². The van der Waals surface area contributed by atoms with Gasteiger partial charge in [-0.1, -0.05) is 13.8 Å². The highest BCUT2D eigenvalue weighted by atomic mass is 32.2. The van der Waals surface area contributed by atoms with Gasteiger partial charge in [0.15, 0.2) is 0 Å². The van der Waals surface area contributed by atoms with Crippen LogP contribution in [0.1, 0.15) is 25.7 Å². The first-order valence-corrected chi connectivity index (χ1v) is 15.0. The van der Waals surface area contributed by atoms with Crippen LogP contribution in [0, 0.1) is 0 Å². The summed E-state index contributed by atoms with van der Waals surface area (Å²) in [6.45, 7) is 8.08. The zero-order chi connectivity index (χ0) is 28.6. The second-order valence-corrected chi connectivity index (χ2v) is 12.2. The second-order valence-electron chi connectivity index (χ2n) is 10.5. The second kappa shape index (κ2) is 10.9. The van der Waals surface area contributed by atoms with Crippen LogP contribution < -0.4 is 14.9 Å². The van der Waals surface area contributed by atoms with Crippen LogP contribution in [0.5, 0.6) is 0 Å². The first-order valence-electron chi connectivity index (χ1n) is 13.5. The van der Waals surface area contributed by atoms with Gasteiger partial charge in [0.1, 0.15) is 0 Å². The molecule has 3 aromatic carbocycles. The molecule has 11 nitrogen and oxygen atoms in total. The quantitative estimate of drug-likeness (QED) is 0.234. The topological polar surface area (TPSA) is 132 Å². The number of piperazine rings is 1. The average molecular weight is 573 g/mol. The molecule has 1 saturated heterocycles. The lowest BCUT2D eigenvalue weighted by Gasteiger charge is -2.34. The summed E-state index contributed by atoms with van der Waals surface area (Å²) in [6.07, 6.45) is 0. The van der Waals surface area contributed by atoms with Crippen molar-refractivity contribution < 1.29 is 12.8 Å². The van der Waals surface area contributed by atoms with E-state index in [0.29, 0.717) is 34.5 Å². The van der Waals surface area contributed by atoms with Gasteiger partial charge in [0, 0.05) is 54.7 Å². The number of H-pyrrole nitrogens is 1. The first-order chi connectivity index (χ1) is 19.7. The zero-order valence-corrected chi connectivity index (χ0v) is 23.9. The summed E-state index contributed by atoms with van der Waals surface area (Å²) >= 11 is 0. The fourth-order valence-electron chi connectivity index (χ4n) is 4.65. The number of anilines is 4. The van der Waals surface area contributed by atoms with Gasteiger partial charge in [0.2, 0.25) is 17.7 Å². The van der Waals surface area contributed by atoms with E-state index in [1.165, 1.54) is 5.69 Å². The first kappa shape index (κ1) is 26.8. The number of rotatable bonds is 8. The number of nitrogens with zero attached hydrogens (tertiary/aromatic N) is 5. The number of sulfonamides is 1. The Balaban J connectivity index is 1.13. The molecule has 0 spiro atoms. The molecule has 41 heavy (non-hydrogen) atoms. The van der Waals surface area contributed by atoms with Gasteiger partial charge in [-0.3, -0.25) is 4.72 Å². The van der Waals surface area contributed by atoms with Gasteiger partial charge >= 0.3 is 0 Å². The lowest BCUT2D eigenvalue weighted by atomic mass is 10.2. The van der Waals surface area contributed by atoms with Crippen LogP contribution in [0.4, 0.5) is 23.0 Å². The Bertz CT molecular complexity index is 1750. The van der Waals surface area contributed by atoms with E-state index in [9.17, 15) is 8.42 Å². The Kier molecular flexibility index (Phi) is 7.10. The largest absolute Gasteiger partial charge is 0.420 e. The minimum atomic E-state index is -3.84. The highest BCUT2D eigenvalue weighted by Crippen LogP contribution is 2.26. The molecule has 12 heteroatoms. The third kappa shape index (κ3) is 5.88. The van der Waals surface area contributed by atoms with E-state index < -0.39 is 10.0 Å². The number of likely N-dealkylation sites (N-methyl/N-ethyl adjacent to an activating group) is 1. The van der Waals surface area contributed by atoms with Crippen LogP contribution in [0.15, 0.2) is 76.0 Å². The SMILES string of the molecule is CC(C)c1nnc(-c2ccc(NS(=O)(=O)c3ccc4[nH]c(Nc5ccc(N6CCN(C)CC6)cc5)nc4c3)cc2)o1. The van der Waals surface area contributed by atoms with Crippen LogP contribution in [0.2, 0.25) is 0 Å². The fraction of sp³-hybridized carbons (Fsp3) is 0.276. The minimum Gasteiger partial charge on any atom is -0.420 e. The van der Waals surface area contributed by atoms with Crippen LogP contribution >= 0.6 is 0 Å². The summed E-state index contributed by atoms with van der Waals surface area (Å²) in [7, 11) is -1.70. The Labute approximate surface area is 238 Å². The van der Waals surface area contributed by atoms with Gasteiger partial charge in [-0.15, -0.1) is 10.2 Å². The number of hydrogen-bond donors (Lipinski definition) is 3. The summed E-state index contributed by atoms with van der Waals surface area (Å²) in [5.41, 5.74) is 4.48. The lowest BCUT2D eigenvalue weighted by Crippen LogP contribution is -2.44. The molecule has 5 aromatic rings. The summed E-state index contributed by atoms with van der Waals surface area (Å²) in [4.78, 5) is 12.6. The number of aromatic amines is 1. The van der Waals surface area contributed by atoms with Gasteiger partial charge in [0.05, 0.1) is 15.9 Å². The van der Waals surface area contributed by atoms with Crippen molar-refractivity contribution in [3.63, 3.8) is 0 Å². The molecule has 1 aliphatic heterocycles. The van der Waals surface area contributed by atoms with Crippen LogP contribution in [-0.4, -0.2) is 66.7 Å². The number of hydrogen-bond acceptors (Lipinski definition) is 9. The Hall–Kier alpha value is -4.42. The molecule has 2 aromatic heterocycles. The van der Waals surface area contributed by atoms with Gasteiger partial charge < -0.3 is 24.5 Å². The van der Waals surface area contributed by atoms with Gasteiger partial charge in [-0.05, 0) is 73.8 Å². The van der Waals surface area contributed by atoms with Crippen molar-refractivity contribution in [3.8, 4) is 11.5 Å². The van der Waals surface area contributed by atoms with Gasteiger partial charge in [0.25, 0.3) is 10.0 Å². The van der Waals surface area contributed by atoms with E-state index in [4.69, 9.17) is 4.42 Å². The Morgan fingerprint density at radius 1 is 0.902 bits per heavy atom. The molecule has 0 amide bonds. The van der Waals surface area contributed by atoms with Crippen LogP contribution in [0.25, 0.3) is 22.5 Å². The molecule has 0 aliphatic carbocycles. The Morgan fingerprint density at radius 3 is 2.29 bits per heavy atom. The molecule has 0 unspecified atom stereocenters. The molecule has 3 N–H and O–H groups in total. The van der Waals surface area contributed by atoms with E-state index >= 15 is 0 Å². The maximum atomic E-state index is 13.1. The molecular formula is C29H32N8O3S. The molecule has 6 rings (SSSR count). The minimum absolute atomic E-state index is 0.113. The lowest BCUT2D eigenvalue weighted by molar-refractivity contribution is 0.313. The standard InChI is InChI=1S/C29H32N8O3S/c1-19(2)27-33-34-28(40-27)20-4-6-22(7-5-20)35-41(38,39)24-12-13-25-26(18-24)32-29(31-25)30-21-8-10-23(11-9-21)37-16-14-36(3)15-17-37/h4-13,18-19,35H,14-17H2,1-3H3,(H2,30,31,32). The van der Waals surface area contributed by atoms with Crippen molar-refractivity contribution in [1.82, 2.24) is 25.1 Å². The molecular weight excluding hydrogens is 540 g/mol. The number of imidazole rings is 1. The zero-order valence-electron chi connectivity index (χ0n) is 23.1. The van der Waals surface area contributed by atoms with Crippen molar-refractivity contribution >= 4 is 44.1 Å². The van der Waals surface area contributed by atoms with Crippen molar-refractivity contribution in [2.75, 3.05) is 48.2 Å². The van der Waals surface area contributed by atoms with Crippen molar-refractivity contribution in [2.45, 2.75) is 24.7 Å². The maximum absolute atomic E-state index is 13.1. The van der Waals surface area contributed by atoms with E-state index in [-0.39, 0.29) is 10.8 Å². The third-order valence-electron chi connectivity index (χ3n) is 7.08. The maximum Gasteiger partial charge on any atom is 0.261 e. The molecule has 1 fully saturated rings. The number of benzene rings is 3. The number of aromatic nitrogens is 4. The summed E-state index contributed by atoms with van der Waals surface area (Å²) < 4.78 is 34.6. The van der Waals surface area contributed by atoms with Gasteiger partial charge in [-0.25, -0.2) is 13.4 Å². The molecule has 0 bridgehead atoms. The van der Waals surface area contributed by atoms with Crippen molar-refractivity contribution in [1.29, 1.82) is 0 Å². The normalized spacial score (nSPS) is 14.6. The van der Waals surface area contributed by atoms with E-state index in [1.807, 2.05) is 26.0 Å². The summed E-state index contributed by atoms with van der Waals surface area (Å²) in [6, 6.07) is 19.9. The highest BCUT2D eigenvalue weighted by molar-refractivity contribution is 7.92. The third-order valence-corrected chi connectivity index (χ3v) is 8.46. The number of nitrogens with one attached hydrogen (secondary N) is 3. The Morgan fingerprint density at radius 2 is 1.61 bits per heavy atom. The molecule has 212 valence electrons. The predicted octanol–water partition coefficient (Wildman–Crippen LogP) is 5.03. The predicted molar refractivity (Wildman–Crippen MR) is 160 cm³/mol. The fourth-order valence-corrected chi connectivity index (χ4v) is 5.73. The number of fused-ring (bicyclic) bond motifs is 1. The van der Waals surface area contributed by atoms with E-state index in [2.05, 4.69) is 59.2 Å². The average Bonchev–Trinajstić information content (AvgIpc) is 3.61. The van der Waals surface area contributed by atoms with E-state index in [0.717, 1.165) is 37.4 Å². The van der Waals surface area contributed by atoms with E-state index in [1.54, 1.807) is 42.5 Å². The molecule has 0 radical (unpaired) electrons.